The molecule has 0 saturated heterocycles. The lowest BCUT2D eigenvalue weighted by atomic mass is 10.1. The van der Waals surface area contributed by atoms with Crippen LogP contribution in [0.3, 0.4) is 0 Å². The Balaban J connectivity index is 2.20. The third-order valence-electron chi connectivity index (χ3n) is 3.94. The molecular weight excluding hydrogens is 316 g/mol. The second-order valence-corrected chi connectivity index (χ2v) is 5.74. The Bertz CT molecular complexity index is 632. The van der Waals surface area contributed by atoms with E-state index in [9.17, 15) is 9.59 Å². The summed E-state index contributed by atoms with van der Waals surface area (Å²) in [5.74, 6) is -1.13. The first-order valence-corrected chi connectivity index (χ1v) is 8.42. The summed E-state index contributed by atoms with van der Waals surface area (Å²) in [6.07, 6.45) is 0. The van der Waals surface area contributed by atoms with Crippen LogP contribution >= 0.6 is 0 Å². The van der Waals surface area contributed by atoms with Crippen LogP contribution in [0.4, 0.5) is 0 Å². The normalized spacial score (nSPS) is 10.3. The van der Waals surface area contributed by atoms with Gasteiger partial charge in [-0.3, -0.25) is 9.59 Å². The number of carbonyl (C=O) groups excluding carboxylic acids is 2. The number of benzene rings is 2. The zero-order valence-corrected chi connectivity index (χ0v) is 14.5. The highest BCUT2D eigenvalue weighted by Gasteiger charge is 2.26. The maximum absolute atomic E-state index is 12.8. The van der Waals surface area contributed by atoms with Gasteiger partial charge in [0.15, 0.2) is 0 Å². The summed E-state index contributed by atoms with van der Waals surface area (Å²) in [6, 6.07) is 19.2. The third kappa shape index (κ3) is 5.43. The molecule has 0 spiro atoms. The molecule has 25 heavy (non-hydrogen) atoms. The van der Waals surface area contributed by atoms with Gasteiger partial charge in [0.1, 0.15) is 0 Å². The minimum atomic E-state index is -0.580. The molecule has 132 valence electrons. The van der Waals surface area contributed by atoms with E-state index in [2.05, 4.69) is 0 Å². The van der Waals surface area contributed by atoms with Gasteiger partial charge in [-0.05, 0) is 18.1 Å². The quantitative estimate of drug-likeness (QED) is 0.785. The highest BCUT2D eigenvalue weighted by atomic mass is 16.3. The number of hydrogen-bond acceptors (Lipinski definition) is 3. The first kappa shape index (κ1) is 18.7. The van der Waals surface area contributed by atoms with Gasteiger partial charge in [-0.1, -0.05) is 60.7 Å². The topological polar surface area (TPSA) is 60.9 Å². The van der Waals surface area contributed by atoms with Crippen LogP contribution in [0, 0.1) is 0 Å². The average Bonchev–Trinajstić information content (AvgIpc) is 2.66. The minimum absolute atomic E-state index is 0.158. The summed E-state index contributed by atoms with van der Waals surface area (Å²) in [6.45, 7) is 2.89. The van der Waals surface area contributed by atoms with Gasteiger partial charge in [-0.2, -0.15) is 0 Å². The number of hydrogen-bond donors (Lipinski definition) is 1. The van der Waals surface area contributed by atoms with E-state index in [1.807, 2.05) is 60.7 Å². The SMILES string of the molecule is CCN(CCO)C(=O)C(=O)N(Cc1ccccc1)Cc1ccccc1. The summed E-state index contributed by atoms with van der Waals surface area (Å²) >= 11 is 0. The molecule has 5 heteroatoms. The zero-order chi connectivity index (χ0) is 18.1. The van der Waals surface area contributed by atoms with Gasteiger partial charge in [0.25, 0.3) is 0 Å². The Morgan fingerprint density at radius 3 is 1.64 bits per heavy atom. The fraction of sp³-hybridized carbons (Fsp3) is 0.300. The standard InChI is InChI=1S/C20H24N2O3/c1-2-21(13-14-23)19(24)20(25)22(15-17-9-5-3-6-10-17)16-18-11-7-4-8-12-18/h3-12,23H,2,13-16H2,1H3. The van der Waals surface area contributed by atoms with Gasteiger partial charge in [0, 0.05) is 26.2 Å². The fourth-order valence-corrected chi connectivity index (χ4v) is 2.60. The van der Waals surface area contributed by atoms with Crippen LogP contribution in [0.1, 0.15) is 18.1 Å². The Labute approximate surface area is 148 Å². The summed E-state index contributed by atoms with van der Waals surface area (Å²) in [5.41, 5.74) is 1.93. The van der Waals surface area contributed by atoms with Crippen LogP contribution in [0.15, 0.2) is 60.7 Å². The molecule has 0 fully saturated rings. The number of likely N-dealkylation sites (N-methyl/N-ethyl adjacent to an activating group) is 1. The van der Waals surface area contributed by atoms with Crippen LogP contribution < -0.4 is 0 Å². The number of amides is 2. The molecule has 1 N–H and O–H groups in total. The summed E-state index contributed by atoms with van der Waals surface area (Å²) in [7, 11) is 0. The Morgan fingerprint density at radius 2 is 1.24 bits per heavy atom. The van der Waals surface area contributed by atoms with E-state index in [0.29, 0.717) is 19.6 Å². The molecule has 0 atom stereocenters. The largest absolute Gasteiger partial charge is 0.395 e. The van der Waals surface area contributed by atoms with Crippen molar-refractivity contribution < 1.29 is 14.7 Å². The molecule has 0 aliphatic carbocycles. The van der Waals surface area contributed by atoms with Crippen molar-refractivity contribution in [3.8, 4) is 0 Å². The maximum Gasteiger partial charge on any atom is 0.312 e. The Kier molecular flexibility index (Phi) is 7.16. The summed E-state index contributed by atoms with van der Waals surface area (Å²) < 4.78 is 0. The molecular formula is C20H24N2O3. The van der Waals surface area contributed by atoms with Crippen molar-refractivity contribution in [1.29, 1.82) is 0 Å². The van der Waals surface area contributed by atoms with E-state index in [1.165, 1.54) is 4.90 Å². The van der Waals surface area contributed by atoms with Gasteiger partial charge in [-0.25, -0.2) is 0 Å². The van der Waals surface area contributed by atoms with Gasteiger partial charge in [0.05, 0.1) is 6.61 Å². The van der Waals surface area contributed by atoms with Crippen LogP contribution in [0.5, 0.6) is 0 Å². The van der Waals surface area contributed by atoms with Gasteiger partial charge >= 0.3 is 11.8 Å². The molecule has 0 heterocycles. The summed E-state index contributed by atoms with van der Waals surface area (Å²) in [4.78, 5) is 28.2. The Morgan fingerprint density at radius 1 is 0.800 bits per heavy atom. The lowest BCUT2D eigenvalue weighted by Crippen LogP contribution is -2.45. The highest BCUT2D eigenvalue weighted by Crippen LogP contribution is 2.11. The smallest absolute Gasteiger partial charge is 0.312 e. The second-order valence-electron chi connectivity index (χ2n) is 5.74. The molecule has 2 amide bonds. The number of aliphatic hydroxyl groups excluding tert-OH is 1. The number of nitrogens with zero attached hydrogens (tertiary/aromatic N) is 2. The molecule has 0 aromatic heterocycles. The molecule has 0 unspecified atom stereocenters. The van der Waals surface area contributed by atoms with E-state index in [1.54, 1.807) is 11.8 Å². The molecule has 5 nitrogen and oxygen atoms in total. The van der Waals surface area contributed by atoms with Crippen molar-refractivity contribution in [3.63, 3.8) is 0 Å². The number of carbonyl (C=O) groups is 2. The van der Waals surface area contributed by atoms with Crippen LogP contribution in [0.25, 0.3) is 0 Å². The zero-order valence-electron chi connectivity index (χ0n) is 14.5. The first-order chi connectivity index (χ1) is 12.2. The predicted octanol–water partition coefficient (Wildman–Crippen LogP) is 2.06. The molecule has 2 aromatic carbocycles. The highest BCUT2D eigenvalue weighted by molar-refractivity contribution is 6.34. The van der Waals surface area contributed by atoms with Gasteiger partial charge in [0.2, 0.25) is 0 Å². The fourth-order valence-electron chi connectivity index (χ4n) is 2.60. The van der Waals surface area contributed by atoms with E-state index in [-0.39, 0.29) is 13.2 Å². The Hall–Kier alpha value is -2.66. The van der Waals surface area contributed by atoms with Gasteiger partial charge < -0.3 is 14.9 Å². The van der Waals surface area contributed by atoms with Crippen molar-refractivity contribution >= 4 is 11.8 Å². The predicted molar refractivity (Wildman–Crippen MR) is 96.5 cm³/mol. The number of rotatable bonds is 7. The lowest BCUT2D eigenvalue weighted by Gasteiger charge is -2.26. The molecule has 0 aliphatic rings. The monoisotopic (exact) mass is 340 g/mol. The van der Waals surface area contributed by atoms with Gasteiger partial charge in [-0.15, -0.1) is 0 Å². The molecule has 2 rings (SSSR count). The molecule has 0 saturated carbocycles. The van der Waals surface area contributed by atoms with E-state index >= 15 is 0 Å². The van der Waals surface area contributed by atoms with Crippen LogP contribution in [-0.4, -0.2) is 46.4 Å². The average molecular weight is 340 g/mol. The third-order valence-corrected chi connectivity index (χ3v) is 3.94. The van der Waals surface area contributed by atoms with E-state index in [4.69, 9.17) is 5.11 Å². The molecule has 0 aliphatic heterocycles. The first-order valence-electron chi connectivity index (χ1n) is 8.42. The second kappa shape index (κ2) is 9.59. The summed E-state index contributed by atoms with van der Waals surface area (Å²) in [5, 5.41) is 9.09. The number of aliphatic hydroxyl groups is 1. The molecule has 0 bridgehead atoms. The van der Waals surface area contributed by atoms with Crippen molar-refractivity contribution in [2.45, 2.75) is 20.0 Å². The van der Waals surface area contributed by atoms with E-state index in [0.717, 1.165) is 11.1 Å². The van der Waals surface area contributed by atoms with Crippen LogP contribution in [-0.2, 0) is 22.7 Å². The van der Waals surface area contributed by atoms with Crippen LogP contribution in [0.2, 0.25) is 0 Å². The maximum atomic E-state index is 12.8. The van der Waals surface area contributed by atoms with E-state index < -0.39 is 11.8 Å². The minimum Gasteiger partial charge on any atom is -0.395 e. The van der Waals surface area contributed by atoms with Crippen molar-refractivity contribution in [2.75, 3.05) is 19.7 Å². The van der Waals surface area contributed by atoms with Crippen molar-refractivity contribution in [3.05, 3.63) is 71.8 Å². The van der Waals surface area contributed by atoms with Crippen molar-refractivity contribution in [2.24, 2.45) is 0 Å². The molecule has 2 aromatic rings. The van der Waals surface area contributed by atoms with Crippen molar-refractivity contribution in [1.82, 2.24) is 9.80 Å². The molecule has 0 radical (unpaired) electrons. The lowest BCUT2D eigenvalue weighted by molar-refractivity contribution is -0.152.